The van der Waals surface area contributed by atoms with Crippen LogP contribution >= 0.6 is 15.9 Å². The van der Waals surface area contributed by atoms with E-state index in [0.717, 1.165) is 10.0 Å². The molecule has 136 valence electrons. The van der Waals surface area contributed by atoms with Crippen LogP contribution < -0.4 is 0 Å². The second-order valence-corrected chi connectivity index (χ2v) is 7.83. The molecule has 1 N–H and O–H groups in total. The molecule has 2 aliphatic rings. The summed E-state index contributed by atoms with van der Waals surface area (Å²) >= 11 is 3.41. The molecule has 0 spiro atoms. The van der Waals surface area contributed by atoms with E-state index >= 15 is 0 Å². The van der Waals surface area contributed by atoms with Crippen molar-refractivity contribution >= 4 is 28.0 Å². The number of ether oxygens (including phenoxy) is 3. The van der Waals surface area contributed by atoms with Gasteiger partial charge in [0.15, 0.2) is 12.1 Å². The molecule has 5 atom stereocenters. The average molecular weight is 411 g/mol. The summed E-state index contributed by atoms with van der Waals surface area (Å²) in [6.07, 6.45) is 3.10. The van der Waals surface area contributed by atoms with Crippen LogP contribution in [0.1, 0.15) is 32.8 Å². The van der Waals surface area contributed by atoms with Gasteiger partial charge in [-0.2, -0.15) is 0 Å². The molecular weight excluding hydrogens is 388 g/mol. The van der Waals surface area contributed by atoms with Gasteiger partial charge in [0, 0.05) is 10.4 Å². The lowest BCUT2D eigenvalue weighted by molar-refractivity contribution is -0.207. The van der Waals surface area contributed by atoms with Crippen molar-refractivity contribution in [3.63, 3.8) is 0 Å². The number of hydrogen-bond donors (Lipinski definition) is 1. The Hall–Kier alpha value is -1.21. The zero-order valence-electron chi connectivity index (χ0n) is 14.5. The van der Waals surface area contributed by atoms with Gasteiger partial charge < -0.3 is 19.3 Å². The predicted molar refractivity (Wildman–Crippen MR) is 96.8 cm³/mol. The zero-order valence-corrected chi connectivity index (χ0v) is 16.1. The van der Waals surface area contributed by atoms with Crippen LogP contribution in [0.25, 0.3) is 6.08 Å². The highest BCUT2D eigenvalue weighted by molar-refractivity contribution is 9.10. The van der Waals surface area contributed by atoms with Crippen LogP contribution in [0.5, 0.6) is 0 Å². The van der Waals surface area contributed by atoms with Gasteiger partial charge in [-0.3, -0.25) is 4.79 Å². The highest BCUT2D eigenvalue weighted by atomic mass is 79.9. The molecule has 2 heterocycles. The minimum absolute atomic E-state index is 0.291. The Morgan fingerprint density at radius 2 is 2.00 bits per heavy atom. The smallest absolute Gasteiger partial charge is 0.306 e. The third-order valence-electron chi connectivity index (χ3n) is 4.71. The molecular formula is C19H23BrO5. The molecule has 0 saturated carbocycles. The molecule has 6 heteroatoms. The van der Waals surface area contributed by atoms with E-state index in [1.807, 2.05) is 57.2 Å². The zero-order chi connectivity index (χ0) is 18.2. The Morgan fingerprint density at radius 1 is 1.32 bits per heavy atom. The fraction of sp³-hybridized carbons (Fsp3) is 0.526. The molecule has 1 aromatic rings. The van der Waals surface area contributed by atoms with Gasteiger partial charge >= 0.3 is 5.97 Å². The van der Waals surface area contributed by atoms with Crippen molar-refractivity contribution in [1.82, 2.24) is 0 Å². The number of halogens is 1. The topological polar surface area (TPSA) is 65.0 Å². The van der Waals surface area contributed by atoms with Crippen LogP contribution in [0.2, 0.25) is 0 Å². The van der Waals surface area contributed by atoms with Gasteiger partial charge in [0.1, 0.15) is 6.10 Å². The highest BCUT2D eigenvalue weighted by Gasteiger charge is 2.57. The molecule has 1 aromatic carbocycles. The van der Waals surface area contributed by atoms with Gasteiger partial charge in [0.05, 0.1) is 12.0 Å². The first-order valence-electron chi connectivity index (χ1n) is 8.48. The van der Waals surface area contributed by atoms with Crippen molar-refractivity contribution < 1.29 is 24.1 Å². The highest BCUT2D eigenvalue weighted by Crippen LogP contribution is 2.45. The third-order valence-corrected chi connectivity index (χ3v) is 5.24. The number of rotatable bonds is 5. The van der Waals surface area contributed by atoms with Crippen molar-refractivity contribution in [2.24, 2.45) is 11.8 Å². The molecule has 25 heavy (non-hydrogen) atoms. The minimum Gasteiger partial charge on any atom is -0.481 e. The van der Waals surface area contributed by atoms with Crippen LogP contribution in [0, 0.1) is 11.8 Å². The first-order valence-corrected chi connectivity index (χ1v) is 9.27. The lowest BCUT2D eigenvalue weighted by atomic mass is 9.82. The molecule has 0 aliphatic carbocycles. The second-order valence-electron chi connectivity index (χ2n) is 6.91. The predicted octanol–water partition coefficient (Wildman–Crippen LogP) is 4.07. The van der Waals surface area contributed by atoms with Crippen LogP contribution in [-0.2, 0) is 19.0 Å². The van der Waals surface area contributed by atoms with E-state index in [-0.39, 0.29) is 18.1 Å². The Bertz CT molecular complexity index is 654. The van der Waals surface area contributed by atoms with Gasteiger partial charge in [0.2, 0.25) is 0 Å². The number of fused-ring (bicyclic) bond motifs is 1. The first kappa shape index (κ1) is 18.6. The number of hydrogen-bond acceptors (Lipinski definition) is 4. The van der Waals surface area contributed by atoms with Crippen molar-refractivity contribution in [1.29, 1.82) is 0 Å². The Kier molecular flexibility index (Phi) is 5.34. The average Bonchev–Trinajstić information content (AvgIpc) is 3.00. The number of carbonyl (C=O) groups is 1. The van der Waals surface area contributed by atoms with Crippen LogP contribution in [0.4, 0.5) is 0 Å². The molecule has 2 aliphatic heterocycles. The molecule has 2 saturated heterocycles. The lowest BCUT2D eigenvalue weighted by Gasteiger charge is -2.27. The van der Waals surface area contributed by atoms with E-state index < -0.39 is 24.0 Å². The van der Waals surface area contributed by atoms with E-state index in [4.69, 9.17) is 14.2 Å². The van der Waals surface area contributed by atoms with Gasteiger partial charge in [-0.1, -0.05) is 47.1 Å². The SMILES string of the molecule is CCC(C(=O)O)[C@H]1[C@H]2OC(C)(C)O[C@H]2O[C@@H]1C=Cc1ccc(Br)cc1. The van der Waals surface area contributed by atoms with E-state index in [1.54, 1.807) is 0 Å². The van der Waals surface area contributed by atoms with Crippen LogP contribution in [-0.4, -0.2) is 35.4 Å². The monoisotopic (exact) mass is 410 g/mol. The summed E-state index contributed by atoms with van der Waals surface area (Å²) in [6, 6.07) is 7.89. The van der Waals surface area contributed by atoms with E-state index in [0.29, 0.717) is 6.42 Å². The molecule has 2 fully saturated rings. The van der Waals surface area contributed by atoms with Crippen molar-refractivity contribution in [2.75, 3.05) is 0 Å². The Balaban J connectivity index is 1.84. The Morgan fingerprint density at radius 3 is 2.60 bits per heavy atom. The third kappa shape index (κ3) is 3.97. The van der Waals surface area contributed by atoms with Gasteiger partial charge in [-0.05, 0) is 38.0 Å². The van der Waals surface area contributed by atoms with Gasteiger partial charge in [0.25, 0.3) is 0 Å². The summed E-state index contributed by atoms with van der Waals surface area (Å²) < 4.78 is 18.8. The van der Waals surface area contributed by atoms with Crippen molar-refractivity contribution in [2.45, 2.75) is 51.5 Å². The maximum Gasteiger partial charge on any atom is 0.306 e. The second kappa shape index (κ2) is 7.19. The summed E-state index contributed by atoms with van der Waals surface area (Å²) in [5.74, 6) is -2.43. The summed E-state index contributed by atoms with van der Waals surface area (Å²) in [7, 11) is 0. The number of benzene rings is 1. The minimum atomic E-state index is -0.827. The molecule has 0 aromatic heterocycles. The molecule has 3 rings (SSSR count). The lowest BCUT2D eigenvalue weighted by Crippen LogP contribution is -2.37. The Labute approximate surface area is 156 Å². The summed E-state index contributed by atoms with van der Waals surface area (Å²) in [6.45, 7) is 5.52. The number of carboxylic acid groups (broad SMARTS) is 1. The molecule has 0 amide bonds. The van der Waals surface area contributed by atoms with Crippen molar-refractivity contribution in [3.05, 3.63) is 40.4 Å². The maximum absolute atomic E-state index is 11.7. The molecule has 0 radical (unpaired) electrons. The van der Waals surface area contributed by atoms with Crippen LogP contribution in [0.3, 0.4) is 0 Å². The first-order chi connectivity index (χ1) is 11.8. The standard InChI is InChI=1S/C19H23BrO5/c1-4-13(17(21)22)15-14(10-7-11-5-8-12(20)9-6-11)23-18-16(15)24-19(2,3)25-18/h5-10,13-16,18H,4H2,1-3H3,(H,21,22)/t13?,14-,15-,16-,18-/m1/s1. The molecule has 0 bridgehead atoms. The molecule has 1 unspecified atom stereocenters. The summed E-state index contributed by atoms with van der Waals surface area (Å²) in [5.41, 5.74) is 1.02. The van der Waals surface area contributed by atoms with Gasteiger partial charge in [-0.25, -0.2) is 0 Å². The van der Waals surface area contributed by atoms with Crippen molar-refractivity contribution in [3.8, 4) is 0 Å². The number of carboxylic acids is 1. The fourth-order valence-electron chi connectivity index (χ4n) is 3.58. The van der Waals surface area contributed by atoms with E-state index in [1.165, 1.54) is 0 Å². The summed E-state index contributed by atoms with van der Waals surface area (Å²) in [5, 5.41) is 9.64. The largest absolute Gasteiger partial charge is 0.481 e. The maximum atomic E-state index is 11.7. The summed E-state index contributed by atoms with van der Waals surface area (Å²) in [4.78, 5) is 11.7. The van der Waals surface area contributed by atoms with Gasteiger partial charge in [-0.15, -0.1) is 0 Å². The van der Waals surface area contributed by atoms with E-state index in [9.17, 15) is 9.90 Å². The molecule has 5 nitrogen and oxygen atoms in total. The van der Waals surface area contributed by atoms with E-state index in [2.05, 4.69) is 15.9 Å². The quantitative estimate of drug-likeness (QED) is 0.792. The number of aliphatic carboxylic acids is 1. The fourth-order valence-corrected chi connectivity index (χ4v) is 3.84. The normalized spacial score (nSPS) is 32.0. The van der Waals surface area contributed by atoms with Crippen LogP contribution in [0.15, 0.2) is 34.8 Å².